The Kier molecular flexibility index (Phi) is 5.95. The molecule has 1 atom stereocenters. The second-order valence-electron chi connectivity index (χ2n) is 4.74. The number of anilines is 1. The Labute approximate surface area is 144 Å². The number of urea groups is 1. The molecule has 2 aromatic carbocycles. The average molecular weight is 358 g/mol. The molecule has 0 saturated carbocycles. The van der Waals surface area contributed by atoms with E-state index in [1.807, 2.05) is 19.1 Å². The summed E-state index contributed by atoms with van der Waals surface area (Å²) in [6, 6.07) is 11.9. The molecule has 2 N–H and O–H groups in total. The van der Waals surface area contributed by atoms with Crippen molar-refractivity contribution in [3.63, 3.8) is 0 Å². The standard InChI is InChI=1S/C16H15Cl3N2O/c1-2-15(10-3-5-11(17)6-4-10)21-16(22)20-12-7-8-13(18)14(19)9-12/h3-9,15H,2H2,1H3,(H2,20,21,22)/t15-/m0/s1. The maximum absolute atomic E-state index is 12.1. The van der Waals surface area contributed by atoms with E-state index in [4.69, 9.17) is 34.8 Å². The molecule has 0 aliphatic heterocycles. The average Bonchev–Trinajstić information content (AvgIpc) is 2.49. The van der Waals surface area contributed by atoms with Gasteiger partial charge in [-0.3, -0.25) is 0 Å². The number of halogens is 3. The molecule has 6 heteroatoms. The Balaban J connectivity index is 2.02. The third kappa shape index (κ3) is 4.54. The monoisotopic (exact) mass is 356 g/mol. The van der Waals surface area contributed by atoms with Gasteiger partial charge in [-0.15, -0.1) is 0 Å². The molecule has 2 amide bonds. The topological polar surface area (TPSA) is 41.1 Å². The van der Waals surface area contributed by atoms with Crippen LogP contribution in [0, 0.1) is 0 Å². The lowest BCUT2D eigenvalue weighted by atomic mass is 10.1. The van der Waals surface area contributed by atoms with Gasteiger partial charge in [0.25, 0.3) is 0 Å². The van der Waals surface area contributed by atoms with Crippen LogP contribution in [0.5, 0.6) is 0 Å². The van der Waals surface area contributed by atoms with Crippen molar-refractivity contribution in [3.05, 3.63) is 63.1 Å². The zero-order chi connectivity index (χ0) is 16.1. The van der Waals surface area contributed by atoms with Crippen LogP contribution >= 0.6 is 34.8 Å². The molecule has 116 valence electrons. The Bertz CT molecular complexity index is 659. The minimum absolute atomic E-state index is 0.0972. The van der Waals surface area contributed by atoms with E-state index in [-0.39, 0.29) is 12.1 Å². The predicted octanol–water partition coefficient (Wildman–Crippen LogP) is 5.92. The lowest BCUT2D eigenvalue weighted by Crippen LogP contribution is -2.32. The fourth-order valence-corrected chi connectivity index (χ4v) is 2.44. The van der Waals surface area contributed by atoms with Crippen molar-refractivity contribution < 1.29 is 4.79 Å². The van der Waals surface area contributed by atoms with Crippen LogP contribution in [0.2, 0.25) is 15.1 Å². The molecule has 0 saturated heterocycles. The van der Waals surface area contributed by atoms with E-state index in [0.29, 0.717) is 20.8 Å². The highest BCUT2D eigenvalue weighted by Gasteiger charge is 2.13. The molecule has 0 radical (unpaired) electrons. The number of hydrogen-bond acceptors (Lipinski definition) is 1. The molecule has 0 bridgehead atoms. The maximum atomic E-state index is 12.1. The fourth-order valence-electron chi connectivity index (χ4n) is 2.02. The van der Waals surface area contributed by atoms with Crippen molar-refractivity contribution in [2.45, 2.75) is 19.4 Å². The first kappa shape index (κ1) is 16.9. The number of nitrogens with one attached hydrogen (secondary N) is 2. The first-order valence-electron chi connectivity index (χ1n) is 6.77. The molecular weight excluding hydrogens is 343 g/mol. The molecule has 2 rings (SSSR count). The quantitative estimate of drug-likeness (QED) is 0.700. The number of rotatable bonds is 4. The largest absolute Gasteiger partial charge is 0.331 e. The van der Waals surface area contributed by atoms with Crippen molar-refractivity contribution in [3.8, 4) is 0 Å². The van der Waals surface area contributed by atoms with Crippen molar-refractivity contribution in [2.24, 2.45) is 0 Å². The van der Waals surface area contributed by atoms with Gasteiger partial charge < -0.3 is 10.6 Å². The van der Waals surface area contributed by atoms with E-state index in [1.165, 1.54) is 0 Å². The summed E-state index contributed by atoms with van der Waals surface area (Å²) in [5, 5.41) is 7.16. The van der Waals surface area contributed by atoms with Crippen LogP contribution in [0.4, 0.5) is 10.5 Å². The molecule has 0 aliphatic rings. The van der Waals surface area contributed by atoms with E-state index >= 15 is 0 Å². The minimum Gasteiger partial charge on any atom is -0.331 e. The second-order valence-corrected chi connectivity index (χ2v) is 5.99. The summed E-state index contributed by atoms with van der Waals surface area (Å²) < 4.78 is 0. The van der Waals surface area contributed by atoms with Gasteiger partial charge in [-0.25, -0.2) is 4.79 Å². The van der Waals surface area contributed by atoms with Gasteiger partial charge in [-0.05, 0) is 42.3 Å². The van der Waals surface area contributed by atoms with Gasteiger partial charge in [0.2, 0.25) is 0 Å². The zero-order valence-electron chi connectivity index (χ0n) is 11.9. The van der Waals surface area contributed by atoms with E-state index in [9.17, 15) is 4.79 Å². The number of carbonyl (C=O) groups excluding carboxylic acids is 1. The molecule has 0 aliphatic carbocycles. The summed E-state index contributed by atoms with van der Waals surface area (Å²) in [6.45, 7) is 2.00. The maximum Gasteiger partial charge on any atom is 0.319 e. The summed E-state index contributed by atoms with van der Waals surface area (Å²) in [7, 11) is 0. The van der Waals surface area contributed by atoms with Crippen LogP contribution in [0.15, 0.2) is 42.5 Å². The normalized spacial score (nSPS) is 11.8. The summed E-state index contributed by atoms with van der Waals surface area (Å²) >= 11 is 17.6. The van der Waals surface area contributed by atoms with E-state index in [1.54, 1.807) is 30.3 Å². The molecule has 0 aromatic heterocycles. The Morgan fingerprint density at radius 1 is 1.05 bits per heavy atom. The lowest BCUT2D eigenvalue weighted by Gasteiger charge is -2.18. The van der Waals surface area contributed by atoms with Crippen molar-refractivity contribution >= 4 is 46.5 Å². The summed E-state index contributed by atoms with van der Waals surface area (Å²) in [5.41, 5.74) is 1.58. The highest BCUT2D eigenvalue weighted by molar-refractivity contribution is 6.42. The van der Waals surface area contributed by atoms with E-state index < -0.39 is 0 Å². The summed E-state index contributed by atoms with van der Waals surface area (Å²) in [6.07, 6.45) is 0.760. The lowest BCUT2D eigenvalue weighted by molar-refractivity contribution is 0.248. The van der Waals surface area contributed by atoms with Crippen molar-refractivity contribution in [1.82, 2.24) is 5.32 Å². The van der Waals surface area contributed by atoms with Gasteiger partial charge >= 0.3 is 6.03 Å². The van der Waals surface area contributed by atoms with Gasteiger partial charge in [0.15, 0.2) is 0 Å². The summed E-state index contributed by atoms with van der Waals surface area (Å²) in [4.78, 5) is 12.1. The smallest absolute Gasteiger partial charge is 0.319 e. The minimum atomic E-state index is -0.305. The number of amides is 2. The number of hydrogen-bond donors (Lipinski definition) is 2. The molecular formula is C16H15Cl3N2O. The van der Waals surface area contributed by atoms with E-state index in [0.717, 1.165) is 12.0 Å². The fraction of sp³-hybridized carbons (Fsp3) is 0.188. The molecule has 0 fully saturated rings. The number of benzene rings is 2. The Morgan fingerprint density at radius 3 is 2.32 bits per heavy atom. The van der Waals surface area contributed by atoms with Crippen LogP contribution < -0.4 is 10.6 Å². The Morgan fingerprint density at radius 2 is 1.73 bits per heavy atom. The van der Waals surface area contributed by atoms with Gasteiger partial charge in [-0.1, -0.05) is 53.9 Å². The SMILES string of the molecule is CC[C@H](NC(=O)Nc1ccc(Cl)c(Cl)c1)c1ccc(Cl)cc1. The van der Waals surface area contributed by atoms with Gasteiger partial charge in [-0.2, -0.15) is 0 Å². The van der Waals surface area contributed by atoms with Crippen LogP contribution in [0.3, 0.4) is 0 Å². The van der Waals surface area contributed by atoms with Gasteiger partial charge in [0.1, 0.15) is 0 Å². The first-order chi connectivity index (χ1) is 10.5. The van der Waals surface area contributed by atoms with Crippen molar-refractivity contribution in [2.75, 3.05) is 5.32 Å². The van der Waals surface area contributed by atoms with Gasteiger partial charge in [0.05, 0.1) is 16.1 Å². The highest BCUT2D eigenvalue weighted by Crippen LogP contribution is 2.25. The van der Waals surface area contributed by atoms with Crippen molar-refractivity contribution in [1.29, 1.82) is 0 Å². The molecule has 2 aromatic rings. The second kappa shape index (κ2) is 7.73. The molecule has 0 unspecified atom stereocenters. The van der Waals surface area contributed by atoms with Gasteiger partial charge in [0, 0.05) is 10.7 Å². The zero-order valence-corrected chi connectivity index (χ0v) is 14.1. The number of carbonyl (C=O) groups is 1. The van der Waals surface area contributed by atoms with Crippen LogP contribution in [0.1, 0.15) is 24.9 Å². The molecule has 0 spiro atoms. The summed E-state index contributed by atoms with van der Waals surface area (Å²) in [5.74, 6) is 0. The molecule has 22 heavy (non-hydrogen) atoms. The van der Waals surface area contributed by atoms with Crippen LogP contribution in [-0.4, -0.2) is 6.03 Å². The van der Waals surface area contributed by atoms with Crippen LogP contribution in [-0.2, 0) is 0 Å². The Hall–Kier alpha value is -1.42. The first-order valence-corrected chi connectivity index (χ1v) is 7.91. The predicted molar refractivity (Wildman–Crippen MR) is 93.1 cm³/mol. The molecule has 3 nitrogen and oxygen atoms in total. The molecule has 0 heterocycles. The van der Waals surface area contributed by atoms with Crippen LogP contribution in [0.25, 0.3) is 0 Å². The van der Waals surface area contributed by atoms with E-state index in [2.05, 4.69) is 10.6 Å². The highest BCUT2D eigenvalue weighted by atomic mass is 35.5. The third-order valence-corrected chi connectivity index (χ3v) is 4.15. The third-order valence-electron chi connectivity index (χ3n) is 3.16.